The van der Waals surface area contributed by atoms with Gasteiger partial charge in [-0.3, -0.25) is 4.79 Å². The predicted octanol–water partition coefficient (Wildman–Crippen LogP) is -7.79. The maximum Gasteiger partial charge on any atom is 0.249 e. The number of ether oxygens (including phenoxy) is 4. The van der Waals surface area contributed by atoms with Crippen LogP contribution in [0.2, 0.25) is 0 Å². The first kappa shape index (κ1) is 31.4. The maximum absolute atomic E-state index is 12.4. The third-order valence-corrected chi connectivity index (χ3v) is 7.15. The quantitative estimate of drug-likeness (QED) is 0.119. The molecule has 1 aliphatic carbocycles. The first-order valence-corrected chi connectivity index (χ1v) is 12.5. The summed E-state index contributed by atoms with van der Waals surface area (Å²) in [4.78, 5) is 12.4. The van der Waals surface area contributed by atoms with Gasteiger partial charge in [-0.2, -0.15) is 0 Å². The molecule has 3 fully saturated rings. The second-order valence-electron chi connectivity index (χ2n) is 9.84. The fraction of sp³-hybridized carbons (Fsp3) is 0.952. The van der Waals surface area contributed by atoms with Gasteiger partial charge in [0.05, 0.1) is 18.7 Å². The summed E-state index contributed by atoms with van der Waals surface area (Å²) in [6.45, 7) is -0.763. The molecule has 0 radical (unpaired) electrons. The molecule has 17 heteroatoms. The minimum atomic E-state index is -1.56. The van der Waals surface area contributed by atoms with Crippen molar-refractivity contribution in [2.45, 2.75) is 105 Å². The number of aliphatic hydroxyl groups excluding tert-OH is 7. The molecular formula is C21H41N5O12. The van der Waals surface area contributed by atoms with Gasteiger partial charge >= 0.3 is 0 Å². The van der Waals surface area contributed by atoms with Crippen LogP contribution in [0.3, 0.4) is 0 Å². The molecule has 0 aromatic rings. The zero-order chi connectivity index (χ0) is 28.3. The number of aliphatic hydroxyl groups is 7. The predicted molar refractivity (Wildman–Crippen MR) is 125 cm³/mol. The molecule has 17 nitrogen and oxygen atoms in total. The Kier molecular flexibility index (Phi) is 11.1. The minimum absolute atomic E-state index is 0.0239. The molecule has 0 spiro atoms. The van der Waals surface area contributed by atoms with Gasteiger partial charge in [0.15, 0.2) is 12.6 Å². The van der Waals surface area contributed by atoms with E-state index in [1.54, 1.807) is 0 Å². The van der Waals surface area contributed by atoms with Crippen molar-refractivity contribution in [2.75, 3.05) is 19.7 Å². The van der Waals surface area contributed by atoms with Crippen LogP contribution in [0.15, 0.2) is 0 Å². The largest absolute Gasteiger partial charge is 0.394 e. The molecule has 15 atom stereocenters. The summed E-state index contributed by atoms with van der Waals surface area (Å²) < 4.78 is 22.7. The standard InChI is InChI=1S/C21H41N5O12/c22-2-1-8(28)19(34)26-7-3-6(24)17(37-20-11(25)15(32)14(31)10(5-27)36-20)18(12(7)29)38-21-16(33)13(30)9(4-23)35-21/h6-18,20-21,27-33H,1-5,22-25H2,(H,26,34)/t6?,7?,8-,9?,10?,11?,12?,13?,14?,15?,16?,17?,18?,20?,21?/m0/s1. The van der Waals surface area contributed by atoms with Crippen molar-refractivity contribution in [3.05, 3.63) is 0 Å². The number of hydrogen-bond acceptors (Lipinski definition) is 16. The number of rotatable bonds is 10. The Morgan fingerprint density at radius 3 is 2.08 bits per heavy atom. The van der Waals surface area contributed by atoms with E-state index in [9.17, 15) is 40.5 Å². The van der Waals surface area contributed by atoms with Crippen LogP contribution in [0.4, 0.5) is 0 Å². The maximum atomic E-state index is 12.4. The van der Waals surface area contributed by atoms with E-state index in [1.807, 2.05) is 0 Å². The second-order valence-corrected chi connectivity index (χ2v) is 9.84. The van der Waals surface area contributed by atoms with E-state index in [1.165, 1.54) is 0 Å². The number of hydrogen-bond donors (Lipinski definition) is 12. The van der Waals surface area contributed by atoms with E-state index in [4.69, 9.17) is 41.9 Å². The smallest absolute Gasteiger partial charge is 0.249 e. The van der Waals surface area contributed by atoms with Gasteiger partial charge in [-0.15, -0.1) is 0 Å². The molecular weight excluding hydrogens is 514 g/mol. The van der Waals surface area contributed by atoms with Crippen LogP contribution in [-0.2, 0) is 23.7 Å². The zero-order valence-electron chi connectivity index (χ0n) is 20.7. The van der Waals surface area contributed by atoms with Gasteiger partial charge in [0.1, 0.15) is 61.0 Å². The normalized spacial score (nSPS) is 46.6. The van der Waals surface area contributed by atoms with E-state index in [0.717, 1.165) is 0 Å². The van der Waals surface area contributed by atoms with Gasteiger partial charge < -0.3 is 82.9 Å². The van der Waals surface area contributed by atoms with E-state index in [-0.39, 0.29) is 25.9 Å². The summed E-state index contributed by atoms with van der Waals surface area (Å²) in [6, 6.07) is -3.33. The lowest BCUT2D eigenvalue weighted by atomic mass is 9.83. The summed E-state index contributed by atoms with van der Waals surface area (Å²) in [5, 5.41) is 74.1. The first-order valence-electron chi connectivity index (χ1n) is 12.5. The average molecular weight is 556 g/mol. The van der Waals surface area contributed by atoms with Crippen LogP contribution in [0, 0.1) is 0 Å². The summed E-state index contributed by atoms with van der Waals surface area (Å²) in [5.41, 5.74) is 23.2. The molecule has 0 bridgehead atoms. The topological polar surface area (TPSA) is 312 Å². The lowest BCUT2D eigenvalue weighted by Gasteiger charge is -2.47. The van der Waals surface area contributed by atoms with Crippen LogP contribution in [0.25, 0.3) is 0 Å². The van der Waals surface area contributed by atoms with Gasteiger partial charge in [-0.05, 0) is 19.4 Å². The van der Waals surface area contributed by atoms with Crippen molar-refractivity contribution in [1.82, 2.24) is 5.32 Å². The lowest BCUT2D eigenvalue weighted by molar-refractivity contribution is -0.310. The minimum Gasteiger partial charge on any atom is -0.394 e. The third kappa shape index (κ3) is 6.60. The molecule has 16 N–H and O–H groups in total. The van der Waals surface area contributed by atoms with E-state index >= 15 is 0 Å². The molecule has 2 aliphatic heterocycles. The Bertz CT molecular complexity index is 770. The van der Waals surface area contributed by atoms with Crippen LogP contribution in [-0.4, -0.2) is 153 Å². The highest BCUT2D eigenvalue weighted by Gasteiger charge is 2.52. The molecule has 1 saturated carbocycles. The van der Waals surface area contributed by atoms with E-state index < -0.39 is 104 Å². The van der Waals surface area contributed by atoms with Crippen molar-refractivity contribution in [2.24, 2.45) is 22.9 Å². The average Bonchev–Trinajstić information content (AvgIpc) is 3.16. The Hall–Kier alpha value is -1.13. The fourth-order valence-corrected chi connectivity index (χ4v) is 4.84. The highest BCUT2D eigenvalue weighted by atomic mass is 16.7. The third-order valence-electron chi connectivity index (χ3n) is 7.15. The Balaban J connectivity index is 1.84. The molecule has 1 amide bonds. The summed E-state index contributed by atoms with van der Waals surface area (Å²) >= 11 is 0. The van der Waals surface area contributed by atoms with Crippen molar-refractivity contribution in [1.29, 1.82) is 0 Å². The fourth-order valence-electron chi connectivity index (χ4n) is 4.84. The number of carbonyl (C=O) groups excluding carboxylic acids is 1. The van der Waals surface area contributed by atoms with Crippen LogP contribution in [0.5, 0.6) is 0 Å². The number of carbonyl (C=O) groups is 1. The number of nitrogens with one attached hydrogen (secondary N) is 1. The molecule has 222 valence electrons. The number of nitrogens with two attached hydrogens (primary N) is 4. The summed E-state index contributed by atoms with van der Waals surface area (Å²) in [6.07, 6.45) is -16.9. The molecule has 3 rings (SSSR count). The van der Waals surface area contributed by atoms with Crippen molar-refractivity contribution < 1.29 is 59.5 Å². The van der Waals surface area contributed by atoms with Gasteiger partial charge in [-0.25, -0.2) is 0 Å². The highest BCUT2D eigenvalue weighted by molar-refractivity contribution is 5.80. The summed E-state index contributed by atoms with van der Waals surface area (Å²) in [7, 11) is 0. The molecule has 38 heavy (non-hydrogen) atoms. The van der Waals surface area contributed by atoms with E-state index in [0.29, 0.717) is 0 Å². The van der Waals surface area contributed by atoms with E-state index in [2.05, 4.69) is 5.32 Å². The van der Waals surface area contributed by atoms with Crippen molar-refractivity contribution in [3.63, 3.8) is 0 Å². The Morgan fingerprint density at radius 2 is 1.50 bits per heavy atom. The number of amides is 1. The second kappa shape index (κ2) is 13.5. The lowest BCUT2D eigenvalue weighted by Crippen LogP contribution is -2.69. The molecule has 0 aromatic carbocycles. The zero-order valence-corrected chi connectivity index (χ0v) is 20.7. The van der Waals surface area contributed by atoms with Crippen molar-refractivity contribution >= 4 is 5.91 Å². The van der Waals surface area contributed by atoms with Crippen LogP contribution in [0.1, 0.15) is 12.8 Å². The molecule has 14 unspecified atom stereocenters. The summed E-state index contributed by atoms with van der Waals surface area (Å²) in [5.74, 6) is -0.805. The monoisotopic (exact) mass is 555 g/mol. The van der Waals surface area contributed by atoms with Gasteiger partial charge in [0, 0.05) is 12.6 Å². The van der Waals surface area contributed by atoms with Crippen molar-refractivity contribution in [3.8, 4) is 0 Å². The SMILES string of the molecule is NCC[C@H](O)C(=O)NC1CC(N)C(OC2OC(CO)C(O)C(O)C2N)C(OC2OC(CN)C(O)C2O)C1O. The molecule has 3 aliphatic rings. The van der Waals surface area contributed by atoms with Gasteiger partial charge in [0.2, 0.25) is 5.91 Å². The van der Waals surface area contributed by atoms with Gasteiger partial charge in [-0.1, -0.05) is 0 Å². The Labute approximate surface area is 218 Å². The Morgan fingerprint density at radius 1 is 0.895 bits per heavy atom. The molecule has 2 saturated heterocycles. The molecule has 2 heterocycles. The first-order chi connectivity index (χ1) is 17.9. The highest BCUT2D eigenvalue weighted by Crippen LogP contribution is 2.32. The molecule has 0 aromatic heterocycles. The van der Waals surface area contributed by atoms with Gasteiger partial charge in [0.25, 0.3) is 0 Å². The van der Waals surface area contributed by atoms with Crippen LogP contribution < -0.4 is 28.3 Å². The van der Waals surface area contributed by atoms with Crippen LogP contribution >= 0.6 is 0 Å².